The molecule has 4 heteroatoms. The van der Waals surface area contributed by atoms with E-state index in [4.69, 9.17) is 11.6 Å². The molecule has 0 heterocycles. The largest absolute Gasteiger partial charge is 0.306 e. The first-order valence-corrected chi connectivity index (χ1v) is 6.85. The summed E-state index contributed by atoms with van der Waals surface area (Å²) in [7, 11) is 0. The fourth-order valence-electron chi connectivity index (χ4n) is 2.19. The number of rotatable bonds is 4. The van der Waals surface area contributed by atoms with Gasteiger partial charge in [-0.3, -0.25) is 0 Å². The minimum atomic E-state index is -0.530. The third kappa shape index (κ3) is 3.17. The third-order valence-electron chi connectivity index (χ3n) is 3.15. The molecule has 0 amide bonds. The SMILES string of the molecule is CCNC(c1ccc(C)cc1F)c1ccc(Cl)cc1F. The summed E-state index contributed by atoms with van der Waals surface area (Å²) < 4.78 is 28.2. The van der Waals surface area contributed by atoms with E-state index >= 15 is 0 Å². The average Bonchev–Trinajstić information content (AvgIpc) is 2.37. The minimum Gasteiger partial charge on any atom is -0.306 e. The molecular formula is C16H16ClF2N. The fourth-order valence-corrected chi connectivity index (χ4v) is 2.35. The maximum absolute atomic E-state index is 14.1. The van der Waals surface area contributed by atoms with Crippen LogP contribution in [0.25, 0.3) is 0 Å². The summed E-state index contributed by atoms with van der Waals surface area (Å²) in [6.45, 7) is 4.31. The molecule has 0 aliphatic heterocycles. The zero-order valence-electron chi connectivity index (χ0n) is 11.4. The van der Waals surface area contributed by atoms with Crippen molar-refractivity contribution >= 4 is 11.6 Å². The second-order valence-electron chi connectivity index (χ2n) is 4.68. The average molecular weight is 296 g/mol. The van der Waals surface area contributed by atoms with Crippen molar-refractivity contribution in [3.05, 3.63) is 69.7 Å². The second-order valence-corrected chi connectivity index (χ2v) is 5.12. The quantitative estimate of drug-likeness (QED) is 0.867. The molecule has 0 bridgehead atoms. The number of hydrogen-bond acceptors (Lipinski definition) is 1. The smallest absolute Gasteiger partial charge is 0.129 e. The predicted octanol–water partition coefficient (Wildman–Crippen LogP) is 4.63. The Morgan fingerprint density at radius 1 is 1.05 bits per heavy atom. The lowest BCUT2D eigenvalue weighted by Crippen LogP contribution is -2.24. The number of aryl methyl sites for hydroxylation is 1. The second kappa shape index (κ2) is 6.33. The van der Waals surface area contributed by atoms with Crippen LogP contribution in [-0.4, -0.2) is 6.54 Å². The van der Waals surface area contributed by atoms with E-state index in [9.17, 15) is 8.78 Å². The van der Waals surface area contributed by atoms with Crippen LogP contribution in [0.5, 0.6) is 0 Å². The minimum absolute atomic E-state index is 0.325. The molecule has 0 aliphatic carbocycles. The summed E-state index contributed by atoms with van der Waals surface area (Å²) in [5.41, 5.74) is 1.65. The molecule has 1 atom stereocenters. The van der Waals surface area contributed by atoms with E-state index in [2.05, 4.69) is 5.32 Å². The lowest BCUT2D eigenvalue weighted by atomic mass is 9.96. The number of halogens is 3. The van der Waals surface area contributed by atoms with Gasteiger partial charge < -0.3 is 5.32 Å². The van der Waals surface area contributed by atoms with Gasteiger partial charge in [0.05, 0.1) is 6.04 Å². The highest BCUT2D eigenvalue weighted by Crippen LogP contribution is 2.28. The van der Waals surface area contributed by atoms with Gasteiger partial charge in [0.15, 0.2) is 0 Å². The molecule has 0 radical (unpaired) electrons. The van der Waals surface area contributed by atoms with Crippen molar-refractivity contribution in [1.29, 1.82) is 0 Å². The summed E-state index contributed by atoms with van der Waals surface area (Å²) in [6.07, 6.45) is 0. The Morgan fingerprint density at radius 3 is 2.20 bits per heavy atom. The first-order chi connectivity index (χ1) is 9.52. The van der Waals surface area contributed by atoms with Gasteiger partial charge in [-0.05, 0) is 37.2 Å². The van der Waals surface area contributed by atoms with Crippen LogP contribution in [0.15, 0.2) is 36.4 Å². The molecule has 0 saturated heterocycles. The Morgan fingerprint density at radius 2 is 1.65 bits per heavy atom. The number of benzene rings is 2. The molecule has 2 aromatic carbocycles. The van der Waals surface area contributed by atoms with E-state index < -0.39 is 11.9 Å². The number of nitrogens with one attached hydrogen (secondary N) is 1. The van der Waals surface area contributed by atoms with Crippen LogP contribution in [0.2, 0.25) is 5.02 Å². The molecular weight excluding hydrogens is 280 g/mol. The zero-order valence-corrected chi connectivity index (χ0v) is 12.1. The first kappa shape index (κ1) is 14.9. The molecule has 1 nitrogen and oxygen atoms in total. The van der Waals surface area contributed by atoms with Gasteiger partial charge in [-0.25, -0.2) is 8.78 Å². The van der Waals surface area contributed by atoms with Crippen LogP contribution in [0.3, 0.4) is 0 Å². The van der Waals surface area contributed by atoms with E-state index in [0.29, 0.717) is 22.7 Å². The maximum Gasteiger partial charge on any atom is 0.129 e. The zero-order chi connectivity index (χ0) is 14.7. The fraction of sp³-hybridized carbons (Fsp3) is 0.250. The van der Waals surface area contributed by atoms with Crippen LogP contribution in [0.4, 0.5) is 8.78 Å². The lowest BCUT2D eigenvalue weighted by Gasteiger charge is -2.20. The maximum atomic E-state index is 14.1. The van der Waals surface area contributed by atoms with Crippen molar-refractivity contribution in [1.82, 2.24) is 5.32 Å². The van der Waals surface area contributed by atoms with Crippen molar-refractivity contribution in [2.75, 3.05) is 6.54 Å². The molecule has 0 aromatic heterocycles. The Hall–Kier alpha value is -1.45. The van der Waals surface area contributed by atoms with Gasteiger partial charge in [0.2, 0.25) is 0 Å². The monoisotopic (exact) mass is 295 g/mol. The van der Waals surface area contributed by atoms with Crippen molar-refractivity contribution in [2.45, 2.75) is 19.9 Å². The molecule has 0 saturated carbocycles. The van der Waals surface area contributed by atoms with Crippen molar-refractivity contribution < 1.29 is 8.78 Å². The molecule has 0 aliphatic rings. The lowest BCUT2D eigenvalue weighted by molar-refractivity contribution is 0.530. The van der Waals surface area contributed by atoms with E-state index in [1.807, 2.05) is 19.9 Å². The van der Waals surface area contributed by atoms with Crippen LogP contribution in [0, 0.1) is 18.6 Å². The Labute approximate surface area is 122 Å². The van der Waals surface area contributed by atoms with Crippen LogP contribution < -0.4 is 5.32 Å². The van der Waals surface area contributed by atoms with Crippen LogP contribution in [0.1, 0.15) is 29.7 Å². The number of hydrogen-bond donors (Lipinski definition) is 1. The standard InChI is InChI=1S/C16H16ClF2N/c1-3-20-16(12-6-4-10(2)8-14(12)18)13-7-5-11(17)9-15(13)19/h4-9,16,20H,3H2,1-2H3. The first-order valence-electron chi connectivity index (χ1n) is 6.47. The molecule has 2 aromatic rings. The van der Waals surface area contributed by atoms with Gasteiger partial charge in [-0.15, -0.1) is 0 Å². The van der Waals surface area contributed by atoms with E-state index in [0.717, 1.165) is 5.56 Å². The summed E-state index contributed by atoms with van der Waals surface area (Å²) in [4.78, 5) is 0. The van der Waals surface area contributed by atoms with Crippen LogP contribution in [-0.2, 0) is 0 Å². The summed E-state index contributed by atoms with van der Waals surface area (Å²) >= 11 is 5.76. The van der Waals surface area contributed by atoms with Crippen molar-refractivity contribution in [2.24, 2.45) is 0 Å². The van der Waals surface area contributed by atoms with Crippen LogP contribution >= 0.6 is 11.6 Å². The molecule has 0 spiro atoms. The van der Waals surface area contributed by atoms with E-state index in [-0.39, 0.29) is 5.82 Å². The summed E-state index contributed by atoms with van der Waals surface area (Å²) in [5.74, 6) is -0.784. The highest BCUT2D eigenvalue weighted by Gasteiger charge is 2.20. The summed E-state index contributed by atoms with van der Waals surface area (Å²) in [5, 5.41) is 3.44. The van der Waals surface area contributed by atoms with Gasteiger partial charge in [0.25, 0.3) is 0 Å². The Bertz CT molecular complexity index is 562. The summed E-state index contributed by atoms with van der Waals surface area (Å²) in [6, 6.07) is 8.86. The highest BCUT2D eigenvalue weighted by atomic mass is 35.5. The molecule has 20 heavy (non-hydrogen) atoms. The van der Waals surface area contributed by atoms with E-state index in [1.165, 1.54) is 12.1 Å². The van der Waals surface area contributed by atoms with Crippen molar-refractivity contribution in [3.63, 3.8) is 0 Å². The van der Waals surface area contributed by atoms with E-state index in [1.54, 1.807) is 18.2 Å². The highest BCUT2D eigenvalue weighted by molar-refractivity contribution is 6.30. The van der Waals surface area contributed by atoms with Gasteiger partial charge in [-0.1, -0.05) is 36.7 Å². The topological polar surface area (TPSA) is 12.0 Å². The van der Waals surface area contributed by atoms with Crippen molar-refractivity contribution in [3.8, 4) is 0 Å². The Kier molecular flexibility index (Phi) is 4.73. The molecule has 106 valence electrons. The molecule has 2 rings (SSSR count). The molecule has 1 N–H and O–H groups in total. The third-order valence-corrected chi connectivity index (χ3v) is 3.38. The van der Waals surface area contributed by atoms with Gasteiger partial charge >= 0.3 is 0 Å². The normalized spacial score (nSPS) is 12.4. The van der Waals surface area contributed by atoms with Gasteiger partial charge in [-0.2, -0.15) is 0 Å². The molecule has 1 unspecified atom stereocenters. The molecule has 0 fully saturated rings. The van der Waals surface area contributed by atoms with Gasteiger partial charge in [0, 0.05) is 16.1 Å². The Balaban J connectivity index is 2.50. The predicted molar refractivity (Wildman–Crippen MR) is 78.1 cm³/mol. The van der Waals surface area contributed by atoms with Gasteiger partial charge in [0.1, 0.15) is 11.6 Å².